The molecule has 2 aliphatic rings. The normalized spacial score (nSPS) is 19.9. The van der Waals surface area contributed by atoms with E-state index in [1.807, 2.05) is 0 Å². The van der Waals surface area contributed by atoms with Crippen molar-refractivity contribution in [2.45, 2.75) is 29.2 Å². The zero-order valence-corrected chi connectivity index (χ0v) is 19.3. The monoisotopic (exact) mass is 491 g/mol. The fourth-order valence-electron chi connectivity index (χ4n) is 4.16. The summed E-state index contributed by atoms with van der Waals surface area (Å²) < 4.78 is 54.5. The summed E-state index contributed by atoms with van der Waals surface area (Å²) in [6, 6.07) is 8.98. The van der Waals surface area contributed by atoms with Crippen LogP contribution in [0.4, 0.5) is 0 Å². The highest BCUT2D eigenvalue weighted by molar-refractivity contribution is 7.92. The summed E-state index contributed by atoms with van der Waals surface area (Å²) in [6.07, 6.45) is 0.327. The number of ether oxygens (including phenoxy) is 1. The van der Waals surface area contributed by atoms with E-state index >= 15 is 0 Å². The van der Waals surface area contributed by atoms with Crippen molar-refractivity contribution < 1.29 is 36.0 Å². The first kappa shape index (κ1) is 23.1. The van der Waals surface area contributed by atoms with E-state index in [0.717, 1.165) is 6.07 Å². The second-order valence-electron chi connectivity index (χ2n) is 7.85. The third kappa shape index (κ3) is 4.18. The van der Waals surface area contributed by atoms with Crippen molar-refractivity contribution in [3.05, 3.63) is 59.2 Å². The van der Waals surface area contributed by atoms with Crippen molar-refractivity contribution in [2.75, 3.05) is 24.7 Å². The molecule has 1 fully saturated rings. The van der Waals surface area contributed by atoms with Crippen LogP contribution in [-0.2, 0) is 29.2 Å². The van der Waals surface area contributed by atoms with Crippen LogP contribution in [0.3, 0.4) is 0 Å². The van der Waals surface area contributed by atoms with Crippen molar-refractivity contribution in [3.8, 4) is 0 Å². The third-order valence-electron chi connectivity index (χ3n) is 5.81. The van der Waals surface area contributed by atoms with Gasteiger partial charge in [-0.1, -0.05) is 12.1 Å². The number of hydrogen-bond donors (Lipinski definition) is 0. The van der Waals surface area contributed by atoms with Crippen LogP contribution in [0.25, 0.3) is 0 Å². The van der Waals surface area contributed by atoms with Gasteiger partial charge in [-0.3, -0.25) is 9.59 Å². The lowest BCUT2D eigenvalue weighted by molar-refractivity contribution is -0.136. The molecule has 2 aromatic rings. The molecule has 0 spiro atoms. The average Bonchev–Trinajstić information content (AvgIpc) is 3.15. The maximum Gasteiger partial charge on any atom is 0.338 e. The Morgan fingerprint density at radius 3 is 2.39 bits per heavy atom. The first-order valence-corrected chi connectivity index (χ1v) is 13.6. The van der Waals surface area contributed by atoms with Crippen LogP contribution in [0.2, 0.25) is 0 Å². The first-order valence-electron chi connectivity index (χ1n) is 10.2. The van der Waals surface area contributed by atoms with Crippen molar-refractivity contribution in [1.29, 1.82) is 0 Å². The molecule has 1 atom stereocenters. The minimum Gasteiger partial charge on any atom is -0.452 e. The molecule has 1 saturated heterocycles. The minimum absolute atomic E-state index is 0.00663. The van der Waals surface area contributed by atoms with Gasteiger partial charge in [0.25, 0.3) is 5.91 Å². The molecule has 2 aliphatic heterocycles. The molecule has 0 bridgehead atoms. The fraction of sp³-hybridized carbons (Fsp3) is 0.318. The summed E-state index contributed by atoms with van der Waals surface area (Å²) in [5.41, 5.74) is -0.0933. The number of sulfone groups is 2. The van der Waals surface area contributed by atoms with Gasteiger partial charge in [-0.15, -0.1) is 0 Å². The zero-order valence-electron chi connectivity index (χ0n) is 17.7. The van der Waals surface area contributed by atoms with E-state index in [9.17, 15) is 31.2 Å². The number of rotatable bonds is 5. The number of nitrogens with zero attached hydrogens (tertiary/aromatic N) is 1. The lowest BCUT2D eigenvalue weighted by Crippen LogP contribution is -2.43. The van der Waals surface area contributed by atoms with Gasteiger partial charge in [-0.05, 0) is 43.7 Å². The van der Waals surface area contributed by atoms with Crippen LogP contribution in [-0.4, -0.2) is 70.1 Å². The number of ketones is 1. The van der Waals surface area contributed by atoms with E-state index < -0.39 is 50.0 Å². The number of likely N-dealkylation sites (N-methyl/N-ethyl adjacent to an activating group) is 1. The second-order valence-corrected chi connectivity index (χ2v) is 12.0. The van der Waals surface area contributed by atoms with E-state index in [2.05, 4.69) is 0 Å². The van der Waals surface area contributed by atoms with Gasteiger partial charge in [0.1, 0.15) is 0 Å². The van der Waals surface area contributed by atoms with E-state index in [-0.39, 0.29) is 44.5 Å². The Balaban J connectivity index is 1.52. The van der Waals surface area contributed by atoms with Gasteiger partial charge in [0.05, 0.1) is 26.9 Å². The molecule has 2 aromatic carbocycles. The molecule has 174 valence electrons. The number of amides is 1. The van der Waals surface area contributed by atoms with Crippen LogP contribution in [0.5, 0.6) is 0 Å². The number of fused-ring (bicyclic) bond motifs is 2. The van der Waals surface area contributed by atoms with Gasteiger partial charge in [0.15, 0.2) is 22.2 Å². The molecule has 11 heteroatoms. The van der Waals surface area contributed by atoms with Crippen LogP contribution >= 0.6 is 0 Å². The van der Waals surface area contributed by atoms with Crippen LogP contribution in [0.1, 0.15) is 39.6 Å². The molecule has 4 rings (SSSR count). The average molecular weight is 492 g/mol. The summed E-state index contributed by atoms with van der Waals surface area (Å²) in [4.78, 5) is 38.7. The Morgan fingerprint density at radius 1 is 1.03 bits per heavy atom. The van der Waals surface area contributed by atoms with Crippen molar-refractivity contribution in [2.24, 2.45) is 0 Å². The van der Waals surface area contributed by atoms with Gasteiger partial charge < -0.3 is 9.64 Å². The summed E-state index contributed by atoms with van der Waals surface area (Å²) in [5, 5.41) is 0. The largest absolute Gasteiger partial charge is 0.452 e. The zero-order chi connectivity index (χ0) is 24.0. The summed E-state index contributed by atoms with van der Waals surface area (Å²) >= 11 is 0. The number of hydrogen-bond acceptors (Lipinski definition) is 8. The summed E-state index contributed by atoms with van der Waals surface area (Å²) in [6.45, 7) is 1.35. The number of carbonyl (C=O) groups excluding carboxylic acids is 3. The standard InChI is InChI=1S/C22H21NO8S2/c1-2-23(15-9-10-32(27,28)13-15)20(24)12-31-22(26)14-7-8-17-19(11-14)33(29,30)18-6-4-3-5-16(18)21(17)25/h3-8,11,15H,2,9-10,12-13H2,1H3. The fourth-order valence-corrected chi connectivity index (χ4v) is 7.57. The Labute approximate surface area is 191 Å². The lowest BCUT2D eigenvalue weighted by Gasteiger charge is -2.26. The van der Waals surface area contributed by atoms with Crippen molar-refractivity contribution >= 4 is 37.3 Å². The Morgan fingerprint density at radius 2 is 1.73 bits per heavy atom. The van der Waals surface area contributed by atoms with Gasteiger partial charge >= 0.3 is 5.97 Å². The molecule has 33 heavy (non-hydrogen) atoms. The van der Waals surface area contributed by atoms with Crippen LogP contribution < -0.4 is 0 Å². The van der Waals surface area contributed by atoms with E-state index in [0.29, 0.717) is 6.42 Å². The molecule has 0 N–H and O–H groups in total. The SMILES string of the molecule is CCN(C(=O)COC(=O)c1ccc2c(c1)S(=O)(=O)c1ccccc1C2=O)C1CCS(=O)(=O)C1. The quantitative estimate of drug-likeness (QED) is 0.487. The summed E-state index contributed by atoms with van der Waals surface area (Å²) in [5.74, 6) is -2.05. The van der Waals surface area contributed by atoms with Gasteiger partial charge in [0, 0.05) is 23.7 Å². The number of carbonyl (C=O) groups is 3. The number of benzene rings is 2. The molecule has 0 saturated carbocycles. The van der Waals surface area contributed by atoms with Crippen molar-refractivity contribution in [3.63, 3.8) is 0 Å². The maximum atomic E-state index is 13.0. The molecule has 0 radical (unpaired) electrons. The highest BCUT2D eigenvalue weighted by atomic mass is 32.2. The van der Waals surface area contributed by atoms with E-state index in [1.165, 1.54) is 35.2 Å². The van der Waals surface area contributed by atoms with Gasteiger partial charge in [0.2, 0.25) is 9.84 Å². The van der Waals surface area contributed by atoms with Crippen LogP contribution in [0, 0.1) is 0 Å². The molecule has 1 amide bonds. The third-order valence-corrected chi connectivity index (χ3v) is 9.41. The van der Waals surface area contributed by atoms with E-state index in [1.54, 1.807) is 13.0 Å². The molecular formula is C22H21NO8S2. The second kappa shape index (κ2) is 8.38. The van der Waals surface area contributed by atoms with Crippen molar-refractivity contribution in [1.82, 2.24) is 4.90 Å². The molecule has 1 unspecified atom stereocenters. The Bertz CT molecular complexity index is 1380. The lowest BCUT2D eigenvalue weighted by atomic mass is 10.0. The highest BCUT2D eigenvalue weighted by Gasteiger charge is 2.36. The molecular weight excluding hydrogens is 470 g/mol. The van der Waals surface area contributed by atoms with E-state index in [4.69, 9.17) is 4.74 Å². The highest BCUT2D eigenvalue weighted by Crippen LogP contribution is 2.34. The Hall–Kier alpha value is -3.05. The maximum absolute atomic E-state index is 13.0. The predicted octanol–water partition coefficient (Wildman–Crippen LogP) is 1.26. The molecule has 0 aliphatic carbocycles. The topological polar surface area (TPSA) is 132 Å². The molecule has 0 aromatic heterocycles. The minimum atomic E-state index is -4.02. The van der Waals surface area contributed by atoms with Gasteiger partial charge in [-0.25, -0.2) is 21.6 Å². The number of esters is 1. The molecule has 2 heterocycles. The van der Waals surface area contributed by atoms with Crippen LogP contribution in [0.15, 0.2) is 52.3 Å². The molecule has 9 nitrogen and oxygen atoms in total. The predicted molar refractivity (Wildman–Crippen MR) is 116 cm³/mol. The summed E-state index contributed by atoms with van der Waals surface area (Å²) in [7, 11) is -7.21. The first-order chi connectivity index (χ1) is 15.5. The van der Waals surface area contributed by atoms with Gasteiger partial charge in [-0.2, -0.15) is 0 Å². The Kier molecular flexibility index (Phi) is 5.87. The smallest absolute Gasteiger partial charge is 0.338 e.